The zero-order valence-corrected chi connectivity index (χ0v) is 13.2. The molecule has 122 valence electrons. The number of hydrogen-bond donors (Lipinski definition) is 0. The lowest BCUT2D eigenvalue weighted by molar-refractivity contribution is -0.392. The van der Waals surface area contributed by atoms with Gasteiger partial charge >= 0.3 is 11.5 Å². The lowest BCUT2D eigenvalue weighted by Gasteiger charge is -2.12. The Hall–Kier alpha value is -2.75. The van der Waals surface area contributed by atoms with E-state index in [1.165, 1.54) is 16.7 Å². The number of nitro benzene ring substituents is 1. The molecule has 9 nitrogen and oxygen atoms in total. The van der Waals surface area contributed by atoms with Gasteiger partial charge in [-0.25, -0.2) is 0 Å². The molecule has 0 aliphatic rings. The van der Waals surface area contributed by atoms with Gasteiger partial charge in [0.25, 0.3) is 0 Å². The molecule has 0 N–H and O–H groups in total. The third-order valence-corrected chi connectivity index (χ3v) is 3.53. The average molecular weight is 337 g/mol. The van der Waals surface area contributed by atoms with Gasteiger partial charge in [0.1, 0.15) is 0 Å². The molecule has 0 saturated carbocycles. The van der Waals surface area contributed by atoms with Gasteiger partial charge < -0.3 is 32.0 Å². The zero-order chi connectivity index (χ0) is 17.1. The number of nitrogens with zero attached hydrogens (tertiary/aromatic N) is 4. The largest absolute Gasteiger partial charge is 0.754 e. The summed E-state index contributed by atoms with van der Waals surface area (Å²) in [6.07, 6.45) is 0. The highest BCUT2D eigenvalue weighted by Gasteiger charge is 2.19. The van der Waals surface area contributed by atoms with Gasteiger partial charge in [-0.2, -0.15) is 0 Å². The number of hydrogen-bond acceptors (Lipinski definition) is 7. The van der Waals surface area contributed by atoms with Crippen molar-refractivity contribution in [1.82, 2.24) is 9.55 Å². The number of aryl methyl sites for hydroxylation is 1. The summed E-state index contributed by atoms with van der Waals surface area (Å²) in [6.45, 7) is 3.78. The van der Waals surface area contributed by atoms with Crippen LogP contribution in [0.3, 0.4) is 0 Å². The molecule has 2 aromatic rings. The van der Waals surface area contributed by atoms with Gasteiger partial charge in [0.05, 0.1) is 11.5 Å². The third kappa shape index (κ3) is 3.37. The molecular weight excluding hydrogens is 324 g/mol. The van der Waals surface area contributed by atoms with Gasteiger partial charge in [-0.1, -0.05) is 6.07 Å². The van der Waals surface area contributed by atoms with E-state index >= 15 is 0 Å². The Labute approximate surface area is 136 Å². The SMILES string of the molecule is CCOc1ccc(Cn2c(C)nc([N+](=O)[O-])c2[S-])cc1[N+](=O)[O-]. The van der Waals surface area contributed by atoms with E-state index in [1.807, 2.05) is 0 Å². The smallest absolute Gasteiger partial charge is 0.362 e. The molecule has 0 spiro atoms. The van der Waals surface area contributed by atoms with Crippen LogP contribution in [0.5, 0.6) is 5.75 Å². The predicted octanol–water partition coefficient (Wildman–Crippen LogP) is 2.36. The van der Waals surface area contributed by atoms with Crippen LogP contribution < -0.4 is 4.74 Å². The Morgan fingerprint density at radius 2 is 2.00 bits per heavy atom. The first kappa shape index (κ1) is 16.6. The van der Waals surface area contributed by atoms with Crippen LogP contribution in [0, 0.1) is 27.2 Å². The summed E-state index contributed by atoms with van der Waals surface area (Å²) in [6, 6.07) is 4.52. The Morgan fingerprint density at radius 3 is 2.52 bits per heavy atom. The van der Waals surface area contributed by atoms with E-state index in [0.29, 0.717) is 18.0 Å². The van der Waals surface area contributed by atoms with Crippen LogP contribution >= 0.6 is 0 Å². The highest BCUT2D eigenvalue weighted by atomic mass is 32.1. The molecule has 0 bridgehead atoms. The van der Waals surface area contributed by atoms with Gasteiger partial charge in [-0.05, 0) is 33.5 Å². The maximum Gasteiger partial charge on any atom is 0.362 e. The minimum Gasteiger partial charge on any atom is -0.754 e. The van der Waals surface area contributed by atoms with Crippen LogP contribution in [0.4, 0.5) is 11.5 Å². The van der Waals surface area contributed by atoms with Crippen molar-refractivity contribution in [3.63, 3.8) is 0 Å². The summed E-state index contributed by atoms with van der Waals surface area (Å²) in [4.78, 5) is 24.6. The average Bonchev–Trinajstić information content (AvgIpc) is 2.77. The number of benzene rings is 1. The number of aromatic nitrogens is 2. The second-order valence-corrected chi connectivity index (χ2v) is 5.01. The Balaban J connectivity index is 2.39. The van der Waals surface area contributed by atoms with E-state index in [2.05, 4.69) is 4.98 Å². The summed E-state index contributed by atoms with van der Waals surface area (Å²) in [5, 5.41) is 22.0. The topological polar surface area (TPSA) is 113 Å². The fraction of sp³-hybridized carbons (Fsp3) is 0.308. The first-order valence-corrected chi connectivity index (χ1v) is 7.04. The van der Waals surface area contributed by atoms with E-state index in [4.69, 9.17) is 17.4 Å². The van der Waals surface area contributed by atoms with Gasteiger partial charge in [0.15, 0.2) is 5.75 Å². The Kier molecular flexibility index (Phi) is 4.74. The van der Waals surface area contributed by atoms with Crippen LogP contribution in [-0.4, -0.2) is 26.0 Å². The second-order valence-electron chi connectivity index (χ2n) is 4.62. The van der Waals surface area contributed by atoms with Crippen molar-refractivity contribution in [2.75, 3.05) is 6.61 Å². The summed E-state index contributed by atoms with van der Waals surface area (Å²) < 4.78 is 6.68. The van der Waals surface area contributed by atoms with Crippen molar-refractivity contribution < 1.29 is 14.6 Å². The molecule has 0 fully saturated rings. The summed E-state index contributed by atoms with van der Waals surface area (Å²) in [5.74, 6) is 0.157. The molecule has 10 heteroatoms. The Morgan fingerprint density at radius 1 is 1.30 bits per heavy atom. The number of nitro groups is 2. The maximum absolute atomic E-state index is 11.1. The van der Waals surface area contributed by atoms with E-state index in [1.54, 1.807) is 19.9 Å². The standard InChI is InChI=1S/C13H14N4O5S/c1-3-22-11-5-4-9(6-10(11)16(18)19)7-15-8(2)14-12(13(15)23)17(20)21/h4-6,23H,3,7H2,1-2H3/p-1. The molecule has 1 aromatic heterocycles. The molecule has 0 amide bonds. The fourth-order valence-electron chi connectivity index (χ4n) is 2.10. The van der Waals surface area contributed by atoms with Gasteiger partial charge in [-0.15, -0.1) is 0 Å². The van der Waals surface area contributed by atoms with Crippen molar-refractivity contribution in [3.8, 4) is 5.75 Å². The molecular formula is C13H13N4O5S-. The monoisotopic (exact) mass is 337 g/mol. The molecule has 0 radical (unpaired) electrons. The molecule has 2 rings (SSSR count). The predicted molar refractivity (Wildman–Crippen MR) is 82.6 cm³/mol. The van der Waals surface area contributed by atoms with E-state index < -0.39 is 15.7 Å². The van der Waals surface area contributed by atoms with Crippen LogP contribution in [0.1, 0.15) is 18.3 Å². The maximum atomic E-state index is 11.1. The molecule has 1 heterocycles. The van der Waals surface area contributed by atoms with Crippen molar-refractivity contribution in [2.24, 2.45) is 0 Å². The molecule has 0 aliphatic carbocycles. The van der Waals surface area contributed by atoms with Crippen LogP contribution in [0.15, 0.2) is 23.2 Å². The lowest BCUT2D eigenvalue weighted by atomic mass is 10.2. The van der Waals surface area contributed by atoms with Crippen LogP contribution in [0.25, 0.3) is 0 Å². The van der Waals surface area contributed by atoms with Crippen molar-refractivity contribution in [1.29, 1.82) is 0 Å². The Bertz CT molecular complexity index is 774. The molecule has 23 heavy (non-hydrogen) atoms. The van der Waals surface area contributed by atoms with E-state index in [-0.39, 0.29) is 23.0 Å². The second kappa shape index (κ2) is 6.57. The quantitative estimate of drug-likeness (QED) is 0.451. The molecule has 0 atom stereocenters. The summed E-state index contributed by atoms with van der Waals surface area (Å²) in [5.41, 5.74) is 0.407. The zero-order valence-electron chi connectivity index (χ0n) is 12.4. The molecule has 0 saturated heterocycles. The highest BCUT2D eigenvalue weighted by Crippen LogP contribution is 2.29. The van der Waals surface area contributed by atoms with Gasteiger partial charge in [0.2, 0.25) is 5.82 Å². The van der Waals surface area contributed by atoms with Crippen LogP contribution in [0.2, 0.25) is 0 Å². The highest BCUT2D eigenvalue weighted by molar-refractivity contribution is 7.58. The first-order chi connectivity index (χ1) is 10.8. The van der Waals surface area contributed by atoms with Crippen LogP contribution in [-0.2, 0) is 19.2 Å². The van der Waals surface area contributed by atoms with Gasteiger partial charge in [-0.3, -0.25) is 10.1 Å². The molecule has 1 aromatic carbocycles. The third-order valence-electron chi connectivity index (χ3n) is 3.13. The number of rotatable bonds is 6. The minimum atomic E-state index is -0.646. The number of imidazole rings is 1. The summed E-state index contributed by atoms with van der Waals surface area (Å²) >= 11 is 5.04. The fourth-order valence-corrected chi connectivity index (χ4v) is 2.42. The van der Waals surface area contributed by atoms with Gasteiger partial charge in [0, 0.05) is 19.5 Å². The summed E-state index contributed by atoms with van der Waals surface area (Å²) in [7, 11) is 0. The lowest BCUT2D eigenvalue weighted by Crippen LogP contribution is -2.05. The van der Waals surface area contributed by atoms with Crippen molar-refractivity contribution in [2.45, 2.75) is 25.4 Å². The van der Waals surface area contributed by atoms with Crippen molar-refractivity contribution in [3.05, 3.63) is 49.8 Å². The normalized spacial score (nSPS) is 10.5. The first-order valence-electron chi connectivity index (χ1n) is 6.63. The van der Waals surface area contributed by atoms with E-state index in [0.717, 1.165) is 0 Å². The molecule has 0 unspecified atom stereocenters. The minimum absolute atomic E-state index is 0.0102. The molecule has 0 aliphatic heterocycles. The number of ether oxygens (including phenoxy) is 1. The van der Waals surface area contributed by atoms with Crippen molar-refractivity contribution >= 4 is 24.1 Å². The van der Waals surface area contributed by atoms with E-state index in [9.17, 15) is 20.2 Å².